The Morgan fingerprint density at radius 1 is 1.36 bits per heavy atom. The van der Waals surface area contributed by atoms with E-state index in [4.69, 9.17) is 0 Å². The molecular formula is C11H25NO2. The average molecular weight is 203 g/mol. The first-order valence-corrected chi connectivity index (χ1v) is 5.51. The topological polar surface area (TPSA) is 52.5 Å². The fourth-order valence-electron chi connectivity index (χ4n) is 1.02. The highest BCUT2D eigenvalue weighted by Crippen LogP contribution is 2.14. The number of hydrogen-bond donors (Lipinski definition) is 3. The summed E-state index contributed by atoms with van der Waals surface area (Å²) in [4.78, 5) is 0. The van der Waals surface area contributed by atoms with E-state index < -0.39 is 5.60 Å². The molecule has 3 heteroatoms. The van der Waals surface area contributed by atoms with E-state index in [2.05, 4.69) is 5.32 Å². The fourth-order valence-corrected chi connectivity index (χ4v) is 1.02. The highest BCUT2D eigenvalue weighted by atomic mass is 16.3. The van der Waals surface area contributed by atoms with Gasteiger partial charge in [-0.05, 0) is 32.2 Å². The minimum atomic E-state index is -0.656. The van der Waals surface area contributed by atoms with Crippen molar-refractivity contribution in [1.29, 1.82) is 0 Å². The molecule has 0 spiro atoms. The Morgan fingerprint density at radius 3 is 2.36 bits per heavy atom. The van der Waals surface area contributed by atoms with Crippen LogP contribution in [0.15, 0.2) is 0 Å². The van der Waals surface area contributed by atoms with Gasteiger partial charge in [-0.25, -0.2) is 0 Å². The van der Waals surface area contributed by atoms with E-state index in [9.17, 15) is 10.2 Å². The van der Waals surface area contributed by atoms with Crippen molar-refractivity contribution in [2.75, 3.05) is 13.1 Å². The standard InChI is InChI=1S/C11H25NO2/c1-5-10(13)6-7-12-8-11(4,14)9(2)3/h9-10,12-14H,5-8H2,1-4H3. The molecule has 0 aliphatic carbocycles. The number of rotatable bonds is 7. The summed E-state index contributed by atoms with van der Waals surface area (Å²) in [7, 11) is 0. The van der Waals surface area contributed by atoms with Gasteiger partial charge in [-0.1, -0.05) is 20.8 Å². The van der Waals surface area contributed by atoms with E-state index >= 15 is 0 Å². The molecule has 0 fully saturated rings. The monoisotopic (exact) mass is 203 g/mol. The van der Waals surface area contributed by atoms with Gasteiger partial charge in [0.1, 0.15) is 0 Å². The molecule has 0 heterocycles. The fraction of sp³-hybridized carbons (Fsp3) is 1.00. The Hall–Kier alpha value is -0.120. The Morgan fingerprint density at radius 2 is 1.93 bits per heavy atom. The molecule has 0 aliphatic rings. The van der Waals surface area contributed by atoms with Crippen LogP contribution in [0, 0.1) is 5.92 Å². The van der Waals surface area contributed by atoms with Gasteiger partial charge in [-0.15, -0.1) is 0 Å². The van der Waals surface area contributed by atoms with Crippen LogP contribution < -0.4 is 5.32 Å². The summed E-state index contributed by atoms with van der Waals surface area (Å²) in [5.41, 5.74) is -0.656. The number of hydrogen-bond acceptors (Lipinski definition) is 3. The van der Waals surface area contributed by atoms with Crippen LogP contribution in [0.5, 0.6) is 0 Å². The second-order valence-electron chi connectivity index (χ2n) is 4.54. The maximum atomic E-state index is 9.89. The van der Waals surface area contributed by atoms with Gasteiger partial charge in [0.05, 0.1) is 11.7 Å². The van der Waals surface area contributed by atoms with E-state index in [1.165, 1.54) is 0 Å². The van der Waals surface area contributed by atoms with Gasteiger partial charge in [-0.3, -0.25) is 0 Å². The Balaban J connectivity index is 3.54. The molecule has 0 aromatic rings. The van der Waals surface area contributed by atoms with Crippen molar-refractivity contribution in [1.82, 2.24) is 5.32 Å². The molecule has 0 saturated heterocycles. The Bertz CT molecular complexity index is 146. The molecule has 3 N–H and O–H groups in total. The van der Waals surface area contributed by atoms with Crippen molar-refractivity contribution >= 4 is 0 Å². The lowest BCUT2D eigenvalue weighted by Gasteiger charge is -2.28. The average Bonchev–Trinajstić information content (AvgIpc) is 2.11. The maximum Gasteiger partial charge on any atom is 0.0766 e. The molecule has 14 heavy (non-hydrogen) atoms. The van der Waals surface area contributed by atoms with Crippen LogP contribution in [0.4, 0.5) is 0 Å². The molecule has 0 amide bonds. The summed E-state index contributed by atoms with van der Waals surface area (Å²) in [6, 6.07) is 0. The van der Waals surface area contributed by atoms with Crippen LogP contribution in [0.25, 0.3) is 0 Å². The maximum absolute atomic E-state index is 9.89. The molecule has 0 radical (unpaired) electrons. The summed E-state index contributed by atoms with van der Waals surface area (Å²) in [5, 5.41) is 22.3. The first-order valence-electron chi connectivity index (χ1n) is 5.51. The molecule has 3 nitrogen and oxygen atoms in total. The molecule has 0 aliphatic heterocycles. The number of nitrogens with one attached hydrogen (secondary N) is 1. The summed E-state index contributed by atoms with van der Waals surface area (Å²) in [6.45, 7) is 9.15. The lowest BCUT2D eigenvalue weighted by molar-refractivity contribution is 0.0135. The number of aliphatic hydroxyl groups excluding tert-OH is 1. The van der Waals surface area contributed by atoms with Crippen LogP contribution in [-0.4, -0.2) is 35.0 Å². The van der Waals surface area contributed by atoms with Crippen molar-refractivity contribution < 1.29 is 10.2 Å². The molecule has 0 aromatic heterocycles. The quantitative estimate of drug-likeness (QED) is 0.544. The Labute approximate surface area is 87.5 Å². The van der Waals surface area contributed by atoms with Crippen LogP contribution in [0.1, 0.15) is 40.5 Å². The molecule has 0 aromatic carbocycles. The zero-order valence-corrected chi connectivity index (χ0v) is 9.88. The Kier molecular flexibility index (Phi) is 6.33. The van der Waals surface area contributed by atoms with Crippen LogP contribution in [-0.2, 0) is 0 Å². The first-order chi connectivity index (χ1) is 6.40. The van der Waals surface area contributed by atoms with Gasteiger partial charge in [0.15, 0.2) is 0 Å². The predicted molar refractivity (Wildman–Crippen MR) is 59.2 cm³/mol. The third-order valence-corrected chi connectivity index (χ3v) is 2.85. The summed E-state index contributed by atoms with van der Waals surface area (Å²) in [6.07, 6.45) is 1.33. The van der Waals surface area contributed by atoms with Crippen molar-refractivity contribution in [3.63, 3.8) is 0 Å². The minimum absolute atomic E-state index is 0.216. The molecule has 86 valence electrons. The molecule has 0 saturated carbocycles. The van der Waals surface area contributed by atoms with Crippen LogP contribution in [0.2, 0.25) is 0 Å². The van der Waals surface area contributed by atoms with Gasteiger partial charge in [0.25, 0.3) is 0 Å². The van der Waals surface area contributed by atoms with Gasteiger partial charge >= 0.3 is 0 Å². The molecule has 0 rings (SSSR count). The van der Waals surface area contributed by atoms with Gasteiger partial charge in [-0.2, -0.15) is 0 Å². The molecule has 2 unspecified atom stereocenters. The normalized spacial score (nSPS) is 18.2. The third-order valence-electron chi connectivity index (χ3n) is 2.85. The third kappa shape index (κ3) is 5.58. The SMILES string of the molecule is CCC(O)CCNCC(C)(O)C(C)C. The molecule has 0 bridgehead atoms. The van der Waals surface area contributed by atoms with Gasteiger partial charge in [0, 0.05) is 6.54 Å². The second-order valence-corrected chi connectivity index (χ2v) is 4.54. The van der Waals surface area contributed by atoms with Crippen LogP contribution >= 0.6 is 0 Å². The number of aliphatic hydroxyl groups is 2. The summed E-state index contributed by atoms with van der Waals surface area (Å²) >= 11 is 0. The lowest BCUT2D eigenvalue weighted by Crippen LogP contribution is -2.42. The van der Waals surface area contributed by atoms with E-state index in [-0.39, 0.29) is 12.0 Å². The lowest BCUT2D eigenvalue weighted by atomic mass is 9.92. The van der Waals surface area contributed by atoms with E-state index in [0.717, 1.165) is 19.4 Å². The van der Waals surface area contributed by atoms with E-state index in [1.54, 1.807) is 0 Å². The van der Waals surface area contributed by atoms with E-state index in [0.29, 0.717) is 6.54 Å². The minimum Gasteiger partial charge on any atom is -0.393 e. The molecule has 2 atom stereocenters. The first kappa shape index (κ1) is 13.9. The smallest absolute Gasteiger partial charge is 0.0766 e. The van der Waals surface area contributed by atoms with Crippen LogP contribution in [0.3, 0.4) is 0 Å². The second kappa shape index (κ2) is 6.38. The van der Waals surface area contributed by atoms with Crippen molar-refractivity contribution in [2.24, 2.45) is 5.92 Å². The van der Waals surface area contributed by atoms with Crippen molar-refractivity contribution in [3.05, 3.63) is 0 Å². The van der Waals surface area contributed by atoms with Gasteiger partial charge in [0.2, 0.25) is 0 Å². The zero-order valence-electron chi connectivity index (χ0n) is 9.88. The summed E-state index contributed by atoms with van der Waals surface area (Å²) < 4.78 is 0. The highest BCUT2D eigenvalue weighted by Gasteiger charge is 2.23. The summed E-state index contributed by atoms with van der Waals surface area (Å²) in [5.74, 6) is 0.242. The zero-order chi connectivity index (χ0) is 11.2. The van der Waals surface area contributed by atoms with Crippen molar-refractivity contribution in [2.45, 2.75) is 52.2 Å². The van der Waals surface area contributed by atoms with Crippen molar-refractivity contribution in [3.8, 4) is 0 Å². The van der Waals surface area contributed by atoms with E-state index in [1.807, 2.05) is 27.7 Å². The predicted octanol–water partition coefficient (Wildman–Crippen LogP) is 1.14. The van der Waals surface area contributed by atoms with Gasteiger partial charge < -0.3 is 15.5 Å². The highest BCUT2D eigenvalue weighted by molar-refractivity contribution is 4.78. The molecular weight excluding hydrogens is 178 g/mol. The largest absolute Gasteiger partial charge is 0.393 e.